The molecule has 0 spiro atoms. The van der Waals surface area contributed by atoms with E-state index in [-0.39, 0.29) is 11.4 Å². The molecule has 0 amide bonds. The van der Waals surface area contributed by atoms with E-state index in [0.29, 0.717) is 22.0 Å². The Labute approximate surface area is 126 Å². The van der Waals surface area contributed by atoms with Crippen molar-refractivity contribution in [1.29, 1.82) is 0 Å². The molecule has 4 nitrogen and oxygen atoms in total. The second-order valence-corrected chi connectivity index (χ2v) is 5.59. The zero-order valence-corrected chi connectivity index (χ0v) is 12.6. The van der Waals surface area contributed by atoms with Crippen molar-refractivity contribution in [3.05, 3.63) is 39.7 Å². The second-order valence-electron chi connectivity index (χ2n) is 4.09. The van der Waals surface area contributed by atoms with E-state index in [2.05, 4.69) is 15.5 Å². The fraction of sp³-hybridized carbons (Fsp3) is 0.333. The van der Waals surface area contributed by atoms with E-state index in [1.807, 2.05) is 13.0 Å². The molecule has 1 aromatic heterocycles. The van der Waals surface area contributed by atoms with Crippen LogP contribution in [0.5, 0.6) is 0 Å². The van der Waals surface area contributed by atoms with Crippen molar-refractivity contribution >= 4 is 40.8 Å². The van der Waals surface area contributed by atoms with Gasteiger partial charge in [-0.2, -0.15) is 0 Å². The van der Waals surface area contributed by atoms with Gasteiger partial charge in [0.25, 0.3) is 0 Å². The van der Waals surface area contributed by atoms with Crippen LogP contribution >= 0.6 is 34.8 Å². The molecule has 0 aliphatic rings. The van der Waals surface area contributed by atoms with Crippen molar-refractivity contribution in [2.45, 2.75) is 25.3 Å². The summed E-state index contributed by atoms with van der Waals surface area (Å²) in [4.78, 5) is 0. The van der Waals surface area contributed by atoms with Crippen LogP contribution in [-0.4, -0.2) is 10.2 Å². The van der Waals surface area contributed by atoms with Crippen molar-refractivity contribution < 1.29 is 4.42 Å². The monoisotopic (exact) mass is 319 g/mol. The molecule has 7 heteroatoms. The summed E-state index contributed by atoms with van der Waals surface area (Å²) in [7, 11) is 0. The smallest absolute Gasteiger partial charge is 0.315 e. The first-order valence-electron chi connectivity index (χ1n) is 5.66. The van der Waals surface area contributed by atoms with Crippen LogP contribution in [0.3, 0.4) is 0 Å². The first-order valence-corrected chi connectivity index (χ1v) is 6.85. The summed E-state index contributed by atoms with van der Waals surface area (Å²) in [6.45, 7) is 3.70. The number of anilines is 1. The van der Waals surface area contributed by atoms with Gasteiger partial charge < -0.3 is 9.73 Å². The molecule has 2 rings (SSSR count). The fourth-order valence-electron chi connectivity index (χ4n) is 1.57. The Kier molecular flexibility index (Phi) is 4.55. The average Bonchev–Trinajstić information content (AvgIpc) is 2.77. The quantitative estimate of drug-likeness (QED) is 0.818. The van der Waals surface area contributed by atoms with Gasteiger partial charge >= 0.3 is 6.01 Å². The molecule has 1 aromatic carbocycles. The summed E-state index contributed by atoms with van der Waals surface area (Å²) in [5.41, 5.74) is 0.893. The van der Waals surface area contributed by atoms with Crippen LogP contribution in [0.4, 0.5) is 6.01 Å². The number of rotatable bonds is 4. The van der Waals surface area contributed by atoms with Gasteiger partial charge in [0.15, 0.2) is 0 Å². The lowest BCUT2D eigenvalue weighted by Gasteiger charge is -2.14. The van der Waals surface area contributed by atoms with E-state index < -0.39 is 0 Å². The number of alkyl halides is 1. The van der Waals surface area contributed by atoms with E-state index in [1.54, 1.807) is 19.1 Å². The largest absolute Gasteiger partial charge is 0.406 e. The fourth-order valence-corrected chi connectivity index (χ4v) is 2.23. The van der Waals surface area contributed by atoms with Crippen LogP contribution in [0.1, 0.15) is 36.7 Å². The van der Waals surface area contributed by atoms with Crippen molar-refractivity contribution in [1.82, 2.24) is 10.2 Å². The van der Waals surface area contributed by atoms with Gasteiger partial charge in [0, 0.05) is 10.0 Å². The van der Waals surface area contributed by atoms with Crippen molar-refractivity contribution in [3.63, 3.8) is 0 Å². The Morgan fingerprint density at radius 1 is 1.21 bits per heavy atom. The van der Waals surface area contributed by atoms with Gasteiger partial charge in [0.05, 0.1) is 6.04 Å². The van der Waals surface area contributed by atoms with E-state index >= 15 is 0 Å². The van der Waals surface area contributed by atoms with Gasteiger partial charge in [-0.25, -0.2) is 0 Å². The summed E-state index contributed by atoms with van der Waals surface area (Å²) < 4.78 is 5.37. The number of halogens is 3. The molecule has 0 aliphatic heterocycles. The zero-order chi connectivity index (χ0) is 14.0. The number of hydrogen-bond acceptors (Lipinski definition) is 4. The summed E-state index contributed by atoms with van der Waals surface area (Å²) in [6.07, 6.45) is 0. The molecule has 0 aliphatic carbocycles. The Bertz CT molecular complexity index is 571. The molecule has 2 atom stereocenters. The molecular weight excluding hydrogens is 309 g/mol. The van der Waals surface area contributed by atoms with Crippen LogP contribution in [-0.2, 0) is 0 Å². The average molecular weight is 321 g/mol. The van der Waals surface area contributed by atoms with Crippen LogP contribution in [0.15, 0.2) is 22.6 Å². The van der Waals surface area contributed by atoms with Gasteiger partial charge in [0.1, 0.15) is 5.38 Å². The lowest BCUT2D eigenvalue weighted by Crippen LogP contribution is -2.07. The molecule has 0 saturated heterocycles. The summed E-state index contributed by atoms with van der Waals surface area (Å²) in [5, 5.41) is 11.6. The Balaban J connectivity index is 2.13. The third-order valence-corrected chi connectivity index (χ3v) is 3.30. The lowest BCUT2D eigenvalue weighted by atomic mass is 10.1. The molecule has 2 unspecified atom stereocenters. The van der Waals surface area contributed by atoms with Crippen LogP contribution in [0, 0.1) is 0 Å². The molecule has 1 N–H and O–H groups in total. The molecule has 0 fully saturated rings. The van der Waals surface area contributed by atoms with Crippen LogP contribution in [0.25, 0.3) is 0 Å². The predicted molar refractivity (Wildman–Crippen MR) is 77.1 cm³/mol. The standard InChI is InChI=1S/C12H12Cl3N3O/c1-6(13)11-17-18-12(19-11)16-7(2)9-4-3-8(14)5-10(9)15/h3-7H,1-2H3,(H,16,18). The molecule has 19 heavy (non-hydrogen) atoms. The number of nitrogens with one attached hydrogen (secondary N) is 1. The normalized spacial score (nSPS) is 14.2. The van der Waals surface area contributed by atoms with Gasteiger partial charge in [-0.3, -0.25) is 0 Å². The Hall–Kier alpha value is -0.970. The van der Waals surface area contributed by atoms with Gasteiger partial charge in [-0.05, 0) is 31.5 Å². The first kappa shape index (κ1) is 14.4. The number of benzene rings is 1. The first-order chi connectivity index (χ1) is 8.97. The van der Waals surface area contributed by atoms with Gasteiger partial charge in [-0.15, -0.1) is 16.7 Å². The Morgan fingerprint density at radius 3 is 2.53 bits per heavy atom. The molecule has 0 bridgehead atoms. The zero-order valence-electron chi connectivity index (χ0n) is 10.3. The third-order valence-electron chi connectivity index (χ3n) is 2.55. The SMILES string of the molecule is CC(Cl)c1nnc(NC(C)c2ccc(Cl)cc2Cl)o1. The molecular formula is C12H12Cl3N3O. The minimum Gasteiger partial charge on any atom is -0.406 e. The van der Waals surface area contributed by atoms with Crippen LogP contribution in [0.2, 0.25) is 10.0 Å². The highest BCUT2D eigenvalue weighted by Gasteiger charge is 2.15. The maximum atomic E-state index is 6.13. The van der Waals surface area contributed by atoms with Crippen molar-refractivity contribution in [2.24, 2.45) is 0 Å². The van der Waals surface area contributed by atoms with Gasteiger partial charge in [-0.1, -0.05) is 34.4 Å². The predicted octanol–water partition coefficient (Wildman–Crippen LogP) is 4.85. The molecule has 0 saturated carbocycles. The Morgan fingerprint density at radius 2 is 1.95 bits per heavy atom. The molecule has 2 aromatic rings. The summed E-state index contributed by atoms with van der Waals surface area (Å²) in [6, 6.07) is 5.53. The lowest BCUT2D eigenvalue weighted by molar-refractivity contribution is 0.502. The minimum absolute atomic E-state index is 0.0938. The summed E-state index contributed by atoms with van der Waals surface area (Å²) >= 11 is 17.8. The minimum atomic E-state index is -0.322. The van der Waals surface area contributed by atoms with E-state index in [1.165, 1.54) is 0 Å². The highest BCUT2D eigenvalue weighted by Crippen LogP contribution is 2.28. The van der Waals surface area contributed by atoms with E-state index in [9.17, 15) is 0 Å². The highest BCUT2D eigenvalue weighted by atomic mass is 35.5. The van der Waals surface area contributed by atoms with E-state index in [0.717, 1.165) is 5.56 Å². The molecule has 1 heterocycles. The maximum Gasteiger partial charge on any atom is 0.315 e. The number of nitrogens with zero attached hydrogens (tertiary/aromatic N) is 2. The topological polar surface area (TPSA) is 51.0 Å². The number of hydrogen-bond donors (Lipinski definition) is 1. The number of aromatic nitrogens is 2. The van der Waals surface area contributed by atoms with Gasteiger partial charge in [0.2, 0.25) is 5.89 Å². The summed E-state index contributed by atoms with van der Waals surface area (Å²) in [5.74, 6) is 0.374. The molecule has 102 valence electrons. The second kappa shape index (κ2) is 5.99. The van der Waals surface area contributed by atoms with Crippen molar-refractivity contribution in [3.8, 4) is 0 Å². The molecule has 0 radical (unpaired) electrons. The maximum absolute atomic E-state index is 6.13. The van der Waals surface area contributed by atoms with Crippen LogP contribution < -0.4 is 5.32 Å². The van der Waals surface area contributed by atoms with Crippen molar-refractivity contribution in [2.75, 3.05) is 5.32 Å². The highest BCUT2D eigenvalue weighted by molar-refractivity contribution is 6.35. The van der Waals surface area contributed by atoms with E-state index in [4.69, 9.17) is 39.2 Å². The third kappa shape index (κ3) is 3.53.